The fourth-order valence-electron chi connectivity index (χ4n) is 6.30. The maximum Gasteiger partial charge on any atom is 0.226 e. The first kappa shape index (κ1) is 28.2. The van der Waals surface area contributed by atoms with Gasteiger partial charge in [0.2, 0.25) is 5.91 Å². The molecule has 1 amide bonds. The van der Waals surface area contributed by atoms with E-state index >= 15 is 4.39 Å². The van der Waals surface area contributed by atoms with E-state index in [1.165, 1.54) is 11.6 Å². The molecule has 2 aromatic rings. The third-order valence-corrected chi connectivity index (χ3v) is 8.70. The van der Waals surface area contributed by atoms with Gasteiger partial charge in [-0.25, -0.2) is 4.39 Å². The molecule has 1 heterocycles. The van der Waals surface area contributed by atoms with Crippen LogP contribution in [0, 0.1) is 11.7 Å². The molecular weight excluding hydrogens is 499 g/mol. The van der Waals surface area contributed by atoms with E-state index in [0.717, 1.165) is 24.8 Å². The summed E-state index contributed by atoms with van der Waals surface area (Å²) in [6.45, 7) is 1.39. The molecule has 0 spiro atoms. The van der Waals surface area contributed by atoms with E-state index in [-0.39, 0.29) is 25.0 Å². The van der Waals surface area contributed by atoms with E-state index in [4.69, 9.17) is 15.2 Å². The van der Waals surface area contributed by atoms with Crippen LogP contribution >= 0.6 is 0 Å². The van der Waals surface area contributed by atoms with Crippen LogP contribution in [0.1, 0.15) is 62.0 Å². The van der Waals surface area contributed by atoms with Gasteiger partial charge in [0.15, 0.2) is 0 Å². The minimum absolute atomic E-state index is 0.0753. The van der Waals surface area contributed by atoms with Crippen LogP contribution in [-0.4, -0.2) is 72.7 Å². The average molecular weight is 541 g/mol. The van der Waals surface area contributed by atoms with Crippen molar-refractivity contribution in [1.82, 2.24) is 4.90 Å². The van der Waals surface area contributed by atoms with E-state index in [1.54, 1.807) is 24.1 Å². The molecule has 8 heteroatoms. The van der Waals surface area contributed by atoms with Crippen molar-refractivity contribution in [2.45, 2.75) is 74.7 Å². The molecule has 39 heavy (non-hydrogen) atoms. The Morgan fingerprint density at radius 3 is 2.72 bits per heavy atom. The Morgan fingerprint density at radius 2 is 2.00 bits per heavy atom. The van der Waals surface area contributed by atoms with Gasteiger partial charge in [-0.1, -0.05) is 36.4 Å². The first-order valence-electron chi connectivity index (χ1n) is 14.3. The molecule has 3 fully saturated rings. The number of methoxy groups -OCH3 is 1. The van der Waals surface area contributed by atoms with Crippen molar-refractivity contribution in [3.8, 4) is 11.1 Å². The Kier molecular flexibility index (Phi) is 8.69. The van der Waals surface area contributed by atoms with E-state index in [0.29, 0.717) is 55.9 Å². The molecule has 2 aromatic carbocycles. The lowest BCUT2D eigenvalue weighted by atomic mass is 9.78. The molecule has 0 unspecified atom stereocenters. The van der Waals surface area contributed by atoms with E-state index in [1.807, 2.05) is 18.2 Å². The van der Waals surface area contributed by atoms with Gasteiger partial charge in [0.25, 0.3) is 0 Å². The number of hydrogen-bond acceptors (Lipinski definition) is 6. The number of nitrogens with two attached hydrogens (primary N) is 1. The summed E-state index contributed by atoms with van der Waals surface area (Å²) < 4.78 is 27.0. The Bertz CT molecular complexity index is 1150. The van der Waals surface area contributed by atoms with Crippen molar-refractivity contribution in [2.75, 3.05) is 33.4 Å². The fourth-order valence-corrected chi connectivity index (χ4v) is 6.30. The number of aliphatic hydroxyl groups is 2. The highest BCUT2D eigenvalue weighted by molar-refractivity contribution is 5.79. The molecule has 5 atom stereocenters. The molecule has 5 rings (SSSR count). The zero-order chi connectivity index (χ0) is 27.6. The zero-order valence-corrected chi connectivity index (χ0v) is 22.7. The predicted molar refractivity (Wildman–Crippen MR) is 146 cm³/mol. The number of rotatable bonds is 10. The molecule has 1 saturated heterocycles. The van der Waals surface area contributed by atoms with Crippen LogP contribution in [0.15, 0.2) is 42.5 Å². The van der Waals surface area contributed by atoms with Crippen LogP contribution in [0.4, 0.5) is 4.39 Å². The van der Waals surface area contributed by atoms with Gasteiger partial charge in [0, 0.05) is 37.8 Å². The van der Waals surface area contributed by atoms with Gasteiger partial charge < -0.3 is 30.3 Å². The Hall–Kier alpha value is -2.36. The second-order valence-corrected chi connectivity index (χ2v) is 11.5. The smallest absolute Gasteiger partial charge is 0.226 e. The number of aliphatic hydroxyl groups excluding tert-OH is 1. The number of carbonyl (C=O) groups is 1. The van der Waals surface area contributed by atoms with Crippen molar-refractivity contribution in [3.05, 3.63) is 59.4 Å². The first-order chi connectivity index (χ1) is 18.8. The minimum Gasteiger partial charge on any atom is -0.391 e. The van der Waals surface area contributed by atoms with Crippen LogP contribution in [0.3, 0.4) is 0 Å². The standard InChI is InChI=1S/C31H41FN2O5/c1-38-14-3-2-12-31(37,28-19-34(13-15-39-28)30(36)23-17-26(33)27(35)18-23)24-8-5-9-25(32)29(24)22-7-4-6-21(16-22)20-10-11-20/h4-9,16,20,23,26-28,35,37H,2-3,10-15,17-19,33H2,1H3/t23-,26+,27-,28+,31+/m0/s1. The fraction of sp³-hybridized carbons (Fsp3) is 0.581. The summed E-state index contributed by atoms with van der Waals surface area (Å²) in [5.41, 5.74) is 7.22. The Labute approximate surface area is 230 Å². The van der Waals surface area contributed by atoms with Crippen molar-refractivity contribution in [2.24, 2.45) is 11.7 Å². The average Bonchev–Trinajstić information content (AvgIpc) is 3.75. The summed E-state index contributed by atoms with van der Waals surface area (Å²) in [4.78, 5) is 15.1. The van der Waals surface area contributed by atoms with Gasteiger partial charge in [-0.3, -0.25) is 4.79 Å². The largest absolute Gasteiger partial charge is 0.391 e. The lowest BCUT2D eigenvalue weighted by Crippen LogP contribution is -2.55. The maximum absolute atomic E-state index is 15.6. The Balaban J connectivity index is 1.48. The van der Waals surface area contributed by atoms with Crippen LogP contribution in [0.5, 0.6) is 0 Å². The summed E-state index contributed by atoms with van der Waals surface area (Å²) in [5.74, 6) is -0.308. The highest BCUT2D eigenvalue weighted by atomic mass is 19.1. The molecule has 4 N–H and O–H groups in total. The lowest BCUT2D eigenvalue weighted by Gasteiger charge is -2.43. The van der Waals surface area contributed by atoms with Gasteiger partial charge in [-0.15, -0.1) is 0 Å². The highest BCUT2D eigenvalue weighted by Crippen LogP contribution is 2.44. The maximum atomic E-state index is 15.6. The molecule has 0 aromatic heterocycles. The number of unbranched alkanes of at least 4 members (excludes halogenated alkanes) is 1. The third kappa shape index (κ3) is 6.05. The minimum atomic E-state index is -1.54. The number of benzene rings is 2. The van der Waals surface area contributed by atoms with Crippen molar-refractivity contribution in [3.63, 3.8) is 0 Å². The Morgan fingerprint density at radius 1 is 1.21 bits per heavy atom. The normalized spacial score (nSPS) is 26.9. The second-order valence-electron chi connectivity index (χ2n) is 11.5. The number of ether oxygens (including phenoxy) is 2. The van der Waals surface area contributed by atoms with Gasteiger partial charge >= 0.3 is 0 Å². The SMILES string of the molecule is COCCCC[C@@](O)(c1cccc(F)c1-c1cccc(C2CC2)c1)[C@H]1CN(C(=O)[C@H]2C[C@@H](N)[C@@H](O)C2)CCO1. The molecule has 0 bridgehead atoms. The molecule has 3 aliphatic rings. The molecule has 7 nitrogen and oxygen atoms in total. The second kappa shape index (κ2) is 12.0. The van der Waals surface area contributed by atoms with E-state index in [9.17, 15) is 15.0 Å². The first-order valence-corrected chi connectivity index (χ1v) is 14.3. The number of hydrogen-bond donors (Lipinski definition) is 3. The van der Waals surface area contributed by atoms with Gasteiger partial charge in [-0.2, -0.15) is 0 Å². The summed E-state index contributed by atoms with van der Waals surface area (Å²) >= 11 is 0. The van der Waals surface area contributed by atoms with Crippen molar-refractivity contribution < 1.29 is 28.9 Å². The van der Waals surface area contributed by atoms with Crippen LogP contribution in [-0.2, 0) is 19.9 Å². The number of morpholine rings is 1. The summed E-state index contributed by atoms with van der Waals surface area (Å²) in [6, 6.07) is 12.4. The number of halogens is 1. The third-order valence-electron chi connectivity index (χ3n) is 8.70. The van der Waals surface area contributed by atoms with E-state index in [2.05, 4.69) is 6.07 Å². The number of nitrogens with zero attached hydrogens (tertiary/aromatic N) is 1. The molecule has 0 radical (unpaired) electrons. The molecule has 1 aliphatic heterocycles. The predicted octanol–water partition coefficient (Wildman–Crippen LogP) is 3.70. The molecular formula is C31H41FN2O5. The molecule has 2 aliphatic carbocycles. The van der Waals surface area contributed by atoms with E-state index < -0.39 is 29.7 Å². The monoisotopic (exact) mass is 540 g/mol. The summed E-state index contributed by atoms with van der Waals surface area (Å²) in [6.07, 6.45) is 3.32. The topological polar surface area (TPSA) is 105 Å². The van der Waals surface area contributed by atoms with Crippen molar-refractivity contribution in [1.29, 1.82) is 0 Å². The summed E-state index contributed by atoms with van der Waals surface area (Å²) in [5, 5.41) is 22.6. The van der Waals surface area contributed by atoms with Gasteiger partial charge in [0.05, 0.1) is 19.3 Å². The molecule has 2 saturated carbocycles. The quantitative estimate of drug-likeness (QED) is 0.397. The van der Waals surface area contributed by atoms with Crippen LogP contribution < -0.4 is 5.73 Å². The van der Waals surface area contributed by atoms with Crippen molar-refractivity contribution >= 4 is 5.91 Å². The van der Waals surface area contributed by atoms with Gasteiger partial charge in [0.1, 0.15) is 17.5 Å². The summed E-state index contributed by atoms with van der Waals surface area (Å²) in [7, 11) is 1.64. The van der Waals surface area contributed by atoms with Crippen LogP contribution in [0.25, 0.3) is 11.1 Å². The lowest BCUT2D eigenvalue weighted by molar-refractivity contribution is -0.167. The number of amides is 1. The number of carbonyl (C=O) groups excluding carboxylic acids is 1. The zero-order valence-electron chi connectivity index (χ0n) is 22.7. The molecule has 212 valence electrons. The highest BCUT2D eigenvalue weighted by Gasteiger charge is 2.46. The van der Waals surface area contributed by atoms with Gasteiger partial charge in [-0.05, 0) is 73.6 Å². The van der Waals surface area contributed by atoms with Crippen LogP contribution in [0.2, 0.25) is 0 Å².